The smallest absolute Gasteiger partial charge is 0.257 e. The van der Waals surface area contributed by atoms with Gasteiger partial charge in [-0.3, -0.25) is 9.59 Å². The zero-order chi connectivity index (χ0) is 27.4. The standard InChI is InChI=1S/C31H33N3O4S/c1-21-9-12-26-22(17-21)18-23(30(32-26)28-7-5-16-39-28)20-34(15-6-14-33-13-4-8-29(33)35)31(36)25-11-10-24(37-2)19-27(25)38-3/h5,7,9-12,16-19H,4,6,8,13-15,20H2,1-3H3. The van der Waals surface area contributed by atoms with Gasteiger partial charge in [0.2, 0.25) is 5.91 Å². The number of aromatic nitrogens is 1. The normalized spacial score (nSPS) is 13.2. The fourth-order valence-electron chi connectivity index (χ4n) is 5.08. The third-order valence-electron chi connectivity index (χ3n) is 7.12. The van der Waals surface area contributed by atoms with E-state index in [0.717, 1.165) is 45.6 Å². The molecule has 2 aromatic carbocycles. The maximum atomic E-state index is 14.0. The van der Waals surface area contributed by atoms with E-state index >= 15 is 0 Å². The first kappa shape index (κ1) is 26.7. The number of likely N-dealkylation sites (tertiary alicyclic amines) is 1. The Balaban J connectivity index is 1.51. The predicted molar refractivity (Wildman–Crippen MR) is 155 cm³/mol. The number of fused-ring (bicyclic) bond motifs is 1. The number of rotatable bonds is 10. The molecule has 2 aromatic heterocycles. The van der Waals surface area contributed by atoms with E-state index in [9.17, 15) is 9.59 Å². The van der Waals surface area contributed by atoms with Crippen molar-refractivity contribution in [2.75, 3.05) is 33.9 Å². The van der Waals surface area contributed by atoms with E-state index < -0.39 is 0 Å². The van der Waals surface area contributed by atoms with Gasteiger partial charge in [0.1, 0.15) is 11.5 Å². The van der Waals surface area contributed by atoms with Crippen LogP contribution in [0.1, 0.15) is 40.7 Å². The Hall–Kier alpha value is -3.91. The van der Waals surface area contributed by atoms with Crippen molar-refractivity contribution in [3.63, 3.8) is 0 Å². The average Bonchev–Trinajstić information content (AvgIpc) is 3.63. The molecule has 5 rings (SSSR count). The second-order valence-corrected chi connectivity index (χ2v) is 10.7. The topological polar surface area (TPSA) is 72.0 Å². The number of nitrogens with zero attached hydrogens (tertiary/aromatic N) is 3. The summed E-state index contributed by atoms with van der Waals surface area (Å²) in [6, 6.07) is 17.7. The van der Waals surface area contributed by atoms with Crippen molar-refractivity contribution in [1.82, 2.24) is 14.8 Å². The van der Waals surface area contributed by atoms with Gasteiger partial charge in [-0.25, -0.2) is 4.98 Å². The molecule has 0 N–H and O–H groups in total. The summed E-state index contributed by atoms with van der Waals surface area (Å²) < 4.78 is 10.9. The molecule has 0 radical (unpaired) electrons. The lowest BCUT2D eigenvalue weighted by Crippen LogP contribution is -2.35. The summed E-state index contributed by atoms with van der Waals surface area (Å²) >= 11 is 1.63. The summed E-state index contributed by atoms with van der Waals surface area (Å²) in [5.41, 5.74) is 4.42. The van der Waals surface area contributed by atoms with Crippen LogP contribution in [-0.2, 0) is 11.3 Å². The molecule has 7 nitrogen and oxygen atoms in total. The van der Waals surface area contributed by atoms with E-state index in [2.05, 4.69) is 31.2 Å². The lowest BCUT2D eigenvalue weighted by Gasteiger charge is -2.26. The van der Waals surface area contributed by atoms with Crippen LogP contribution in [0.5, 0.6) is 11.5 Å². The van der Waals surface area contributed by atoms with Crippen LogP contribution < -0.4 is 9.47 Å². The first-order valence-corrected chi connectivity index (χ1v) is 14.1. The summed E-state index contributed by atoms with van der Waals surface area (Å²) in [6.07, 6.45) is 2.19. The van der Waals surface area contributed by atoms with E-state index in [1.807, 2.05) is 27.3 Å². The fourth-order valence-corrected chi connectivity index (χ4v) is 5.83. The third-order valence-corrected chi connectivity index (χ3v) is 8.00. The van der Waals surface area contributed by atoms with Gasteiger partial charge in [0.05, 0.1) is 35.9 Å². The van der Waals surface area contributed by atoms with Gasteiger partial charge in [0.15, 0.2) is 0 Å². The van der Waals surface area contributed by atoms with Crippen molar-refractivity contribution in [1.29, 1.82) is 0 Å². The number of aryl methyl sites for hydroxylation is 1. The molecule has 1 saturated heterocycles. The number of amides is 2. The highest BCUT2D eigenvalue weighted by atomic mass is 32.1. The minimum atomic E-state index is -0.135. The van der Waals surface area contributed by atoms with E-state index in [1.165, 1.54) is 0 Å². The molecule has 202 valence electrons. The zero-order valence-corrected chi connectivity index (χ0v) is 23.4. The molecule has 39 heavy (non-hydrogen) atoms. The van der Waals surface area contributed by atoms with Gasteiger partial charge < -0.3 is 19.3 Å². The molecule has 8 heteroatoms. The Morgan fingerprint density at radius 2 is 1.97 bits per heavy atom. The molecule has 1 fully saturated rings. The molecule has 1 aliphatic rings. The fraction of sp³-hybridized carbons (Fsp3) is 0.323. The van der Waals surface area contributed by atoms with Gasteiger partial charge in [-0.15, -0.1) is 11.3 Å². The first-order chi connectivity index (χ1) is 19.0. The summed E-state index contributed by atoms with van der Waals surface area (Å²) in [7, 11) is 3.14. The molecule has 0 saturated carbocycles. The van der Waals surface area contributed by atoms with Gasteiger partial charge in [-0.1, -0.05) is 17.7 Å². The maximum Gasteiger partial charge on any atom is 0.257 e. The number of ether oxygens (including phenoxy) is 2. The minimum Gasteiger partial charge on any atom is -0.497 e. The van der Waals surface area contributed by atoms with Crippen molar-refractivity contribution in [2.24, 2.45) is 0 Å². The van der Waals surface area contributed by atoms with Crippen LogP contribution in [-0.4, -0.2) is 60.5 Å². The third kappa shape index (κ3) is 5.91. The highest BCUT2D eigenvalue weighted by Crippen LogP contribution is 2.32. The maximum absolute atomic E-state index is 14.0. The molecule has 4 aromatic rings. The largest absolute Gasteiger partial charge is 0.497 e. The molecule has 0 unspecified atom stereocenters. The van der Waals surface area contributed by atoms with Gasteiger partial charge in [0.25, 0.3) is 5.91 Å². The van der Waals surface area contributed by atoms with Crippen molar-refractivity contribution >= 4 is 34.1 Å². The Kier molecular flexibility index (Phi) is 8.12. The van der Waals surface area contributed by atoms with Crippen LogP contribution in [0.15, 0.2) is 60.0 Å². The molecule has 0 atom stereocenters. The molecular formula is C31H33N3O4S. The summed E-state index contributed by atoms with van der Waals surface area (Å²) in [5.74, 6) is 1.14. The van der Waals surface area contributed by atoms with Crippen LogP contribution in [0.2, 0.25) is 0 Å². The second kappa shape index (κ2) is 11.9. The lowest BCUT2D eigenvalue weighted by atomic mass is 10.0. The Morgan fingerprint density at radius 1 is 1.10 bits per heavy atom. The number of hydrogen-bond donors (Lipinski definition) is 0. The number of hydrogen-bond acceptors (Lipinski definition) is 6. The second-order valence-electron chi connectivity index (χ2n) is 9.80. The molecule has 1 aliphatic heterocycles. The number of methoxy groups -OCH3 is 2. The highest BCUT2D eigenvalue weighted by Gasteiger charge is 2.24. The van der Waals surface area contributed by atoms with Gasteiger partial charge in [-0.05, 0) is 67.1 Å². The van der Waals surface area contributed by atoms with Gasteiger partial charge >= 0.3 is 0 Å². The van der Waals surface area contributed by atoms with E-state index in [0.29, 0.717) is 49.5 Å². The number of benzene rings is 2. The molecular weight excluding hydrogens is 510 g/mol. The quantitative estimate of drug-likeness (QED) is 0.247. The molecule has 0 bridgehead atoms. The Labute approximate surface area is 233 Å². The number of carbonyl (C=O) groups excluding carboxylic acids is 2. The Bertz CT molecular complexity index is 1480. The van der Waals surface area contributed by atoms with Crippen molar-refractivity contribution in [3.05, 3.63) is 76.7 Å². The molecule has 3 heterocycles. The minimum absolute atomic E-state index is 0.135. The summed E-state index contributed by atoms with van der Waals surface area (Å²) in [6.45, 7) is 4.36. The van der Waals surface area contributed by atoms with Crippen LogP contribution in [0.3, 0.4) is 0 Å². The number of thiophene rings is 1. The predicted octanol–water partition coefficient (Wildman–Crippen LogP) is 5.94. The first-order valence-electron chi connectivity index (χ1n) is 13.2. The van der Waals surface area contributed by atoms with Gasteiger partial charge in [0, 0.05) is 44.1 Å². The Morgan fingerprint density at radius 3 is 2.69 bits per heavy atom. The molecule has 0 aliphatic carbocycles. The summed E-state index contributed by atoms with van der Waals surface area (Å²) in [4.78, 5) is 36.1. The van der Waals surface area contributed by atoms with Crippen molar-refractivity contribution in [3.8, 4) is 22.1 Å². The van der Waals surface area contributed by atoms with E-state index in [-0.39, 0.29) is 11.8 Å². The molecule has 2 amide bonds. The molecule has 0 spiro atoms. The average molecular weight is 544 g/mol. The zero-order valence-electron chi connectivity index (χ0n) is 22.6. The number of pyridine rings is 1. The van der Waals surface area contributed by atoms with E-state index in [4.69, 9.17) is 14.5 Å². The van der Waals surface area contributed by atoms with Crippen LogP contribution in [0, 0.1) is 6.92 Å². The SMILES string of the molecule is COc1ccc(C(=O)N(CCCN2CCCC2=O)Cc2cc3cc(C)ccc3nc2-c2cccs2)c(OC)c1. The monoisotopic (exact) mass is 543 g/mol. The lowest BCUT2D eigenvalue weighted by molar-refractivity contribution is -0.127. The number of carbonyl (C=O) groups is 2. The van der Waals surface area contributed by atoms with Crippen LogP contribution >= 0.6 is 11.3 Å². The van der Waals surface area contributed by atoms with E-state index in [1.54, 1.807) is 43.8 Å². The van der Waals surface area contributed by atoms with Crippen LogP contribution in [0.25, 0.3) is 21.5 Å². The van der Waals surface area contributed by atoms with Crippen molar-refractivity contribution in [2.45, 2.75) is 32.7 Å². The van der Waals surface area contributed by atoms with Crippen LogP contribution in [0.4, 0.5) is 0 Å². The summed E-state index contributed by atoms with van der Waals surface area (Å²) in [5, 5.41) is 3.08. The van der Waals surface area contributed by atoms with Gasteiger partial charge in [-0.2, -0.15) is 0 Å². The highest BCUT2D eigenvalue weighted by molar-refractivity contribution is 7.13. The van der Waals surface area contributed by atoms with Crippen molar-refractivity contribution < 1.29 is 19.1 Å².